The molecule has 0 spiro atoms. The van der Waals surface area contributed by atoms with Crippen LogP contribution in [0.1, 0.15) is 26.3 Å². The third-order valence-corrected chi connectivity index (χ3v) is 3.68. The molecule has 1 heterocycles. The lowest BCUT2D eigenvalue weighted by Gasteiger charge is -2.07. The van der Waals surface area contributed by atoms with Gasteiger partial charge in [0.25, 0.3) is 5.91 Å². The Labute approximate surface area is 145 Å². The molecule has 0 aliphatic rings. The molecular weight excluding hydrogens is 318 g/mol. The highest BCUT2D eigenvalue weighted by Gasteiger charge is 2.08. The van der Waals surface area contributed by atoms with Gasteiger partial charge in [-0.15, -0.1) is 0 Å². The van der Waals surface area contributed by atoms with E-state index in [1.54, 1.807) is 42.6 Å². The van der Waals surface area contributed by atoms with E-state index in [1.807, 2.05) is 29.1 Å². The molecule has 3 rings (SSSR count). The molecule has 0 unspecified atom stereocenters. The van der Waals surface area contributed by atoms with E-state index in [9.17, 15) is 9.59 Å². The fourth-order valence-electron chi connectivity index (χ4n) is 2.35. The molecule has 0 aliphatic carbocycles. The van der Waals surface area contributed by atoms with Crippen LogP contribution in [0.4, 0.5) is 5.69 Å². The second-order valence-electron chi connectivity index (χ2n) is 5.42. The zero-order chi connectivity index (χ0) is 17.6. The summed E-state index contributed by atoms with van der Waals surface area (Å²) >= 11 is 0. The molecule has 0 radical (unpaired) electrons. The average molecular weight is 335 g/mol. The van der Waals surface area contributed by atoms with Crippen molar-refractivity contribution in [2.75, 3.05) is 12.4 Å². The summed E-state index contributed by atoms with van der Waals surface area (Å²) in [5.41, 5.74) is 2.66. The summed E-state index contributed by atoms with van der Waals surface area (Å²) in [6, 6.07) is 15.8. The van der Waals surface area contributed by atoms with Crippen molar-refractivity contribution in [2.24, 2.45) is 0 Å². The van der Waals surface area contributed by atoms with Crippen LogP contribution in [0.2, 0.25) is 0 Å². The van der Waals surface area contributed by atoms with Crippen molar-refractivity contribution in [1.29, 1.82) is 0 Å². The largest absolute Gasteiger partial charge is 0.465 e. The Kier molecular flexibility index (Phi) is 4.89. The van der Waals surface area contributed by atoms with Gasteiger partial charge >= 0.3 is 5.97 Å². The highest BCUT2D eigenvalue weighted by Crippen LogP contribution is 2.13. The van der Waals surface area contributed by atoms with E-state index in [2.05, 4.69) is 15.2 Å². The summed E-state index contributed by atoms with van der Waals surface area (Å²) in [5.74, 6) is -0.623. The molecule has 6 nitrogen and oxygen atoms in total. The number of nitrogens with zero attached hydrogens (tertiary/aromatic N) is 2. The molecular formula is C19H17N3O3. The summed E-state index contributed by atoms with van der Waals surface area (Å²) in [7, 11) is 1.33. The Morgan fingerprint density at radius 3 is 2.32 bits per heavy atom. The highest BCUT2D eigenvalue weighted by atomic mass is 16.5. The number of aromatic nitrogens is 2. The van der Waals surface area contributed by atoms with Gasteiger partial charge in [-0.1, -0.05) is 12.1 Å². The predicted octanol–water partition coefficient (Wildman–Crippen LogP) is 2.97. The van der Waals surface area contributed by atoms with Gasteiger partial charge < -0.3 is 10.1 Å². The Morgan fingerprint density at radius 2 is 1.72 bits per heavy atom. The maximum atomic E-state index is 12.3. The standard InChI is InChI=1S/C19H17N3O3/c1-25-19(24)16-7-9-17(10-8-16)21-18(23)15-5-3-14(4-6-15)13-22-12-2-11-20-22/h2-12H,13H2,1H3,(H,21,23). The van der Waals surface area contributed by atoms with Gasteiger partial charge in [-0.25, -0.2) is 4.79 Å². The molecule has 126 valence electrons. The molecule has 1 amide bonds. The fraction of sp³-hybridized carbons (Fsp3) is 0.105. The van der Waals surface area contributed by atoms with Crippen molar-refractivity contribution in [3.8, 4) is 0 Å². The van der Waals surface area contributed by atoms with Crippen LogP contribution in [0, 0.1) is 0 Å². The summed E-state index contributed by atoms with van der Waals surface area (Å²) in [6.45, 7) is 0.657. The minimum Gasteiger partial charge on any atom is -0.465 e. The third-order valence-electron chi connectivity index (χ3n) is 3.68. The van der Waals surface area contributed by atoms with Crippen molar-refractivity contribution in [3.63, 3.8) is 0 Å². The highest BCUT2D eigenvalue weighted by molar-refractivity contribution is 6.04. The number of rotatable bonds is 5. The number of hydrogen-bond acceptors (Lipinski definition) is 4. The Balaban J connectivity index is 1.63. The van der Waals surface area contributed by atoms with Crippen molar-refractivity contribution >= 4 is 17.6 Å². The Hall–Kier alpha value is -3.41. The number of amides is 1. The Morgan fingerprint density at radius 1 is 1.04 bits per heavy atom. The first-order valence-electron chi connectivity index (χ1n) is 7.72. The van der Waals surface area contributed by atoms with Gasteiger partial charge in [-0.05, 0) is 48.0 Å². The second-order valence-corrected chi connectivity index (χ2v) is 5.42. The van der Waals surface area contributed by atoms with Crippen molar-refractivity contribution in [3.05, 3.63) is 83.7 Å². The lowest BCUT2D eigenvalue weighted by molar-refractivity contribution is 0.0600. The van der Waals surface area contributed by atoms with Crippen LogP contribution in [0.25, 0.3) is 0 Å². The van der Waals surface area contributed by atoms with Gasteiger partial charge in [-0.2, -0.15) is 5.10 Å². The van der Waals surface area contributed by atoms with Gasteiger partial charge in [0, 0.05) is 23.6 Å². The maximum Gasteiger partial charge on any atom is 0.337 e. The number of carbonyl (C=O) groups is 2. The SMILES string of the molecule is COC(=O)c1ccc(NC(=O)c2ccc(Cn3cccn3)cc2)cc1. The van der Waals surface area contributed by atoms with Crippen LogP contribution < -0.4 is 5.32 Å². The summed E-state index contributed by atoms with van der Waals surface area (Å²) in [5, 5.41) is 6.95. The van der Waals surface area contributed by atoms with Gasteiger partial charge in [0.15, 0.2) is 0 Å². The Bertz CT molecular complexity index is 854. The minimum atomic E-state index is -0.411. The lowest BCUT2D eigenvalue weighted by Crippen LogP contribution is -2.12. The smallest absolute Gasteiger partial charge is 0.337 e. The average Bonchev–Trinajstić information content (AvgIpc) is 3.15. The molecule has 6 heteroatoms. The number of benzene rings is 2. The normalized spacial score (nSPS) is 10.3. The first kappa shape index (κ1) is 16.4. The topological polar surface area (TPSA) is 73.2 Å². The number of ether oxygens (including phenoxy) is 1. The molecule has 1 N–H and O–H groups in total. The third kappa shape index (κ3) is 4.11. The molecule has 1 aromatic heterocycles. The van der Waals surface area contributed by atoms with E-state index < -0.39 is 5.97 Å². The van der Waals surface area contributed by atoms with Crippen LogP contribution >= 0.6 is 0 Å². The van der Waals surface area contributed by atoms with E-state index in [4.69, 9.17) is 0 Å². The first-order chi connectivity index (χ1) is 12.2. The van der Waals surface area contributed by atoms with Crippen LogP contribution in [0.5, 0.6) is 0 Å². The molecule has 0 fully saturated rings. The quantitative estimate of drug-likeness (QED) is 0.728. The van der Waals surface area contributed by atoms with E-state index >= 15 is 0 Å². The number of nitrogens with one attached hydrogen (secondary N) is 1. The summed E-state index contributed by atoms with van der Waals surface area (Å²) < 4.78 is 6.46. The number of hydrogen-bond donors (Lipinski definition) is 1. The first-order valence-corrected chi connectivity index (χ1v) is 7.72. The van der Waals surface area contributed by atoms with E-state index in [-0.39, 0.29) is 5.91 Å². The van der Waals surface area contributed by atoms with E-state index in [0.717, 1.165) is 5.56 Å². The van der Waals surface area contributed by atoms with Crippen LogP contribution in [0.3, 0.4) is 0 Å². The van der Waals surface area contributed by atoms with E-state index in [1.165, 1.54) is 7.11 Å². The number of carbonyl (C=O) groups excluding carboxylic acids is 2. The molecule has 2 aromatic carbocycles. The zero-order valence-corrected chi connectivity index (χ0v) is 13.7. The van der Waals surface area contributed by atoms with Crippen LogP contribution in [-0.2, 0) is 11.3 Å². The van der Waals surface area contributed by atoms with Crippen molar-refractivity contribution in [2.45, 2.75) is 6.54 Å². The molecule has 0 saturated heterocycles. The predicted molar refractivity (Wildman–Crippen MR) is 93.5 cm³/mol. The van der Waals surface area contributed by atoms with Crippen molar-refractivity contribution < 1.29 is 14.3 Å². The molecule has 0 bridgehead atoms. The van der Waals surface area contributed by atoms with Gasteiger partial charge in [0.2, 0.25) is 0 Å². The van der Waals surface area contributed by atoms with Crippen molar-refractivity contribution in [1.82, 2.24) is 9.78 Å². The second kappa shape index (κ2) is 7.44. The lowest BCUT2D eigenvalue weighted by atomic mass is 10.1. The monoisotopic (exact) mass is 335 g/mol. The summed E-state index contributed by atoms with van der Waals surface area (Å²) in [6.07, 6.45) is 3.62. The van der Waals surface area contributed by atoms with Gasteiger partial charge in [0.05, 0.1) is 19.2 Å². The molecule has 0 aliphatic heterocycles. The van der Waals surface area contributed by atoms with Gasteiger partial charge in [0.1, 0.15) is 0 Å². The number of esters is 1. The molecule has 3 aromatic rings. The summed E-state index contributed by atoms with van der Waals surface area (Å²) in [4.78, 5) is 23.7. The maximum absolute atomic E-state index is 12.3. The fourth-order valence-corrected chi connectivity index (χ4v) is 2.35. The zero-order valence-electron chi connectivity index (χ0n) is 13.7. The minimum absolute atomic E-state index is 0.212. The van der Waals surface area contributed by atoms with Crippen LogP contribution in [-0.4, -0.2) is 28.8 Å². The van der Waals surface area contributed by atoms with Crippen LogP contribution in [0.15, 0.2) is 67.0 Å². The molecule has 0 saturated carbocycles. The number of anilines is 1. The van der Waals surface area contributed by atoms with E-state index in [0.29, 0.717) is 23.4 Å². The molecule has 0 atom stereocenters. The number of methoxy groups -OCH3 is 1. The van der Waals surface area contributed by atoms with Gasteiger partial charge in [-0.3, -0.25) is 9.48 Å². The molecule has 25 heavy (non-hydrogen) atoms.